The van der Waals surface area contributed by atoms with E-state index in [1.165, 1.54) is 94.0 Å². The fourth-order valence-electron chi connectivity index (χ4n) is 12.3. The minimum absolute atomic E-state index is 0.565. The molecule has 64 heavy (non-hydrogen) atoms. The highest BCUT2D eigenvalue weighted by molar-refractivity contribution is 6.09. The van der Waals surface area contributed by atoms with Gasteiger partial charge in [-0.05, 0) is 123 Å². The molecule has 4 aliphatic rings. The Balaban J connectivity index is 1.05. The van der Waals surface area contributed by atoms with Crippen LogP contribution in [0.25, 0.3) is 61.4 Å². The molecule has 0 aliphatic heterocycles. The Kier molecular flexibility index (Phi) is 7.36. The molecule has 3 aromatic heterocycles. The number of nitrogens with zero attached hydrogens (tertiary/aromatic N) is 3. The van der Waals surface area contributed by atoms with Crippen LogP contribution in [0.4, 0.5) is 0 Å². The van der Waals surface area contributed by atoms with Gasteiger partial charge in [-0.3, -0.25) is 4.57 Å². The van der Waals surface area contributed by atoms with Crippen LogP contribution in [0.15, 0.2) is 218 Å². The van der Waals surface area contributed by atoms with E-state index in [9.17, 15) is 0 Å². The van der Waals surface area contributed by atoms with Gasteiger partial charge in [0.2, 0.25) is 0 Å². The highest BCUT2D eigenvalue weighted by Gasteiger charge is 2.60. The molecule has 0 saturated carbocycles. The van der Waals surface area contributed by atoms with Crippen molar-refractivity contribution in [3.8, 4) is 22.6 Å². The zero-order chi connectivity index (χ0) is 42.0. The Morgan fingerprint density at radius 1 is 0.406 bits per heavy atom. The Hall–Kier alpha value is -8.01. The summed E-state index contributed by atoms with van der Waals surface area (Å²) in [5.41, 5.74) is 18.6. The fourth-order valence-corrected chi connectivity index (χ4v) is 12.3. The summed E-state index contributed by atoms with van der Waals surface area (Å²) in [6, 6.07) is 79.1. The van der Waals surface area contributed by atoms with Gasteiger partial charge in [-0.1, -0.05) is 170 Å². The molecule has 0 unspecified atom stereocenters. The van der Waals surface area contributed by atoms with Crippen LogP contribution in [0.1, 0.15) is 62.3 Å². The van der Waals surface area contributed by atoms with Crippen molar-refractivity contribution in [3.63, 3.8) is 0 Å². The van der Waals surface area contributed by atoms with Crippen LogP contribution in [-0.4, -0.2) is 14.1 Å². The molecule has 0 amide bonds. The molecule has 4 aliphatic carbocycles. The monoisotopic (exact) mass is 815 g/mol. The van der Waals surface area contributed by atoms with Crippen molar-refractivity contribution in [1.82, 2.24) is 14.1 Å². The summed E-state index contributed by atoms with van der Waals surface area (Å²) in [5.74, 6) is 0.941. The minimum atomic E-state index is -0.683. The van der Waals surface area contributed by atoms with E-state index in [-0.39, 0.29) is 0 Å². The van der Waals surface area contributed by atoms with Gasteiger partial charge in [0, 0.05) is 21.8 Å². The molecule has 3 heteroatoms. The van der Waals surface area contributed by atoms with Crippen LogP contribution in [-0.2, 0) is 17.3 Å². The third-order valence-corrected chi connectivity index (χ3v) is 14.7. The van der Waals surface area contributed by atoms with Gasteiger partial charge < -0.3 is 4.57 Å². The van der Waals surface area contributed by atoms with E-state index in [0.29, 0.717) is 0 Å². The first kappa shape index (κ1) is 35.6. The highest BCUT2D eigenvalue weighted by Crippen LogP contribution is 2.66. The molecule has 0 spiro atoms. The molecule has 0 atom stereocenters. The van der Waals surface area contributed by atoms with Gasteiger partial charge in [0.15, 0.2) is 0 Å². The number of hydrogen-bond donors (Lipinski definition) is 0. The van der Waals surface area contributed by atoms with Crippen LogP contribution >= 0.6 is 0 Å². The second-order valence-corrected chi connectivity index (χ2v) is 17.7. The number of para-hydroxylation sites is 3. The van der Waals surface area contributed by atoms with Gasteiger partial charge in [0.05, 0.1) is 38.8 Å². The predicted octanol–water partition coefficient (Wildman–Crippen LogP) is 14.1. The summed E-state index contributed by atoms with van der Waals surface area (Å²) in [6.45, 7) is 0. The van der Waals surface area contributed by atoms with E-state index in [1.807, 2.05) is 0 Å². The van der Waals surface area contributed by atoms with Crippen LogP contribution < -0.4 is 0 Å². The van der Waals surface area contributed by atoms with E-state index >= 15 is 0 Å². The summed E-state index contributed by atoms with van der Waals surface area (Å²) >= 11 is 0. The number of fused-ring (bicyclic) bond motifs is 6. The summed E-state index contributed by atoms with van der Waals surface area (Å²) in [5, 5.41) is 3.84. The van der Waals surface area contributed by atoms with Gasteiger partial charge >= 0.3 is 0 Å². The lowest BCUT2D eigenvalue weighted by Crippen LogP contribution is -2.52. The Morgan fingerprint density at radius 2 is 0.969 bits per heavy atom. The van der Waals surface area contributed by atoms with Crippen molar-refractivity contribution in [1.29, 1.82) is 0 Å². The Morgan fingerprint density at radius 3 is 1.67 bits per heavy atom. The molecule has 300 valence electrons. The average molecular weight is 816 g/mol. The summed E-state index contributed by atoms with van der Waals surface area (Å²) in [4.78, 5) is 5.85. The molecule has 11 aromatic rings. The summed E-state index contributed by atoms with van der Waals surface area (Å²) < 4.78 is 4.81. The number of pyridine rings is 1. The lowest BCUT2D eigenvalue weighted by Gasteiger charge is -2.56. The maximum Gasteiger partial charge on any atom is 0.137 e. The van der Waals surface area contributed by atoms with Crippen molar-refractivity contribution in [2.45, 2.75) is 23.7 Å². The SMILES string of the molecule is C1=Cc2c(c3ccccc3n2-c2cccc(C34c5ccccc5C(c5ccccc5)(c5ccccc53)c3cc(-c5cccc(-n6c7ccccc7c7ccccc76)c5)ccc34)n2)CC1. The number of aromatic nitrogens is 3. The summed E-state index contributed by atoms with van der Waals surface area (Å²) in [6.07, 6.45) is 6.70. The second-order valence-electron chi connectivity index (χ2n) is 17.7. The number of allylic oxidation sites excluding steroid dienone is 1. The zero-order valence-corrected chi connectivity index (χ0v) is 35.1. The fraction of sp³-hybridized carbons (Fsp3) is 0.0656. The first-order valence-corrected chi connectivity index (χ1v) is 22.5. The average Bonchev–Trinajstić information content (AvgIpc) is 3.89. The Labute approximate surface area is 371 Å². The molecule has 3 nitrogen and oxygen atoms in total. The molecule has 0 N–H and O–H groups in total. The third-order valence-electron chi connectivity index (χ3n) is 14.7. The van der Waals surface area contributed by atoms with Gasteiger partial charge in [-0.25, -0.2) is 4.98 Å². The largest absolute Gasteiger partial charge is 0.309 e. The van der Waals surface area contributed by atoms with Crippen molar-refractivity contribution in [2.24, 2.45) is 0 Å². The van der Waals surface area contributed by atoms with Gasteiger partial charge in [0.25, 0.3) is 0 Å². The molecule has 2 bridgehead atoms. The molecule has 8 aromatic carbocycles. The lowest BCUT2D eigenvalue weighted by atomic mass is 9.44. The van der Waals surface area contributed by atoms with E-state index in [4.69, 9.17) is 4.98 Å². The number of rotatable bonds is 5. The van der Waals surface area contributed by atoms with Gasteiger partial charge in [0.1, 0.15) is 5.82 Å². The summed E-state index contributed by atoms with van der Waals surface area (Å²) in [7, 11) is 0. The standard InChI is InChI=1S/C61H41N3/c1-2-19-42(20-3-1)60-48-26-8-10-28-50(48)61(51-29-11-9-27-49(51)60,58-34-17-35-59(62-58)64-56-32-14-6-24-46(56)47-25-7-15-33-57(47)64)52-37-36-41(39-53(52)60)40-18-16-21-43(38-40)63-54-30-12-4-22-44(54)45-23-5-13-31-55(45)63/h1-6,8-24,26-39H,7,25H2. The molecule has 0 fully saturated rings. The molecule has 15 rings (SSSR count). The predicted molar refractivity (Wildman–Crippen MR) is 262 cm³/mol. The molecule has 0 saturated heterocycles. The Bertz CT molecular complexity index is 3650. The van der Waals surface area contributed by atoms with Crippen LogP contribution in [0, 0.1) is 0 Å². The van der Waals surface area contributed by atoms with E-state index in [0.717, 1.165) is 30.0 Å². The highest BCUT2D eigenvalue weighted by atomic mass is 15.1. The molecule has 3 heterocycles. The van der Waals surface area contributed by atoms with Crippen LogP contribution in [0.3, 0.4) is 0 Å². The maximum absolute atomic E-state index is 5.85. The number of benzene rings is 8. The lowest BCUT2D eigenvalue weighted by molar-refractivity contribution is 0.547. The van der Waals surface area contributed by atoms with Gasteiger partial charge in [-0.15, -0.1) is 0 Å². The van der Waals surface area contributed by atoms with E-state index in [2.05, 4.69) is 234 Å². The van der Waals surface area contributed by atoms with Crippen molar-refractivity contribution in [3.05, 3.63) is 274 Å². The maximum atomic E-state index is 5.85. The van der Waals surface area contributed by atoms with Gasteiger partial charge in [-0.2, -0.15) is 0 Å². The number of aryl methyl sites for hydroxylation is 1. The normalized spacial score (nSPS) is 17.9. The first-order chi connectivity index (χ1) is 31.8. The minimum Gasteiger partial charge on any atom is -0.309 e. The van der Waals surface area contributed by atoms with Crippen molar-refractivity contribution < 1.29 is 0 Å². The van der Waals surface area contributed by atoms with E-state index < -0.39 is 10.8 Å². The molecule has 0 radical (unpaired) electrons. The zero-order valence-electron chi connectivity index (χ0n) is 35.1. The first-order valence-electron chi connectivity index (χ1n) is 22.5. The second kappa shape index (κ2) is 13.2. The van der Waals surface area contributed by atoms with Crippen LogP contribution in [0.5, 0.6) is 0 Å². The quantitative estimate of drug-likeness (QED) is 0.170. The number of hydrogen-bond acceptors (Lipinski definition) is 1. The van der Waals surface area contributed by atoms with Crippen LogP contribution in [0.2, 0.25) is 0 Å². The van der Waals surface area contributed by atoms with Crippen molar-refractivity contribution in [2.75, 3.05) is 0 Å². The topological polar surface area (TPSA) is 22.8 Å². The third kappa shape index (κ3) is 4.53. The molecular formula is C61H41N3. The van der Waals surface area contributed by atoms with Crippen molar-refractivity contribution >= 4 is 38.8 Å². The smallest absolute Gasteiger partial charge is 0.137 e. The molecular weight excluding hydrogens is 775 g/mol. The van der Waals surface area contributed by atoms with E-state index in [1.54, 1.807) is 0 Å².